The van der Waals surface area contributed by atoms with Crippen molar-refractivity contribution in [2.24, 2.45) is 0 Å². The van der Waals surface area contributed by atoms with Crippen LogP contribution in [0.4, 0.5) is 0 Å². The third kappa shape index (κ3) is 3.37. The zero-order valence-corrected chi connectivity index (χ0v) is 12.5. The maximum absolute atomic E-state index is 12.2. The Bertz CT molecular complexity index is 828. The molecule has 116 valence electrons. The zero-order chi connectivity index (χ0) is 16.2. The van der Waals surface area contributed by atoms with Crippen LogP contribution in [0.1, 0.15) is 21.8 Å². The summed E-state index contributed by atoms with van der Waals surface area (Å²) in [5.41, 5.74) is 2.80. The summed E-state index contributed by atoms with van der Waals surface area (Å²) < 4.78 is 5.37. The molecule has 2 aromatic heterocycles. The second-order valence-corrected chi connectivity index (χ2v) is 5.04. The summed E-state index contributed by atoms with van der Waals surface area (Å²) in [4.78, 5) is 20.4. The van der Waals surface area contributed by atoms with Crippen LogP contribution in [-0.2, 0) is 6.54 Å². The maximum atomic E-state index is 12.2. The van der Waals surface area contributed by atoms with E-state index in [1.165, 1.54) is 6.07 Å². The highest BCUT2D eigenvalue weighted by Gasteiger charge is 2.11. The van der Waals surface area contributed by atoms with Crippen LogP contribution in [0, 0.1) is 6.92 Å². The molecule has 23 heavy (non-hydrogen) atoms. The lowest BCUT2D eigenvalue weighted by molar-refractivity contribution is 0.0946. The van der Waals surface area contributed by atoms with E-state index in [4.69, 9.17) is 4.42 Å². The number of phenolic OH excluding ortho intramolecular Hbond substituents is 1. The lowest BCUT2D eigenvalue weighted by Crippen LogP contribution is -2.23. The summed E-state index contributed by atoms with van der Waals surface area (Å²) in [5.74, 6) is 0.307. The number of aryl methyl sites for hydroxylation is 1. The molecule has 0 saturated heterocycles. The van der Waals surface area contributed by atoms with Crippen LogP contribution < -0.4 is 5.32 Å². The molecule has 0 aliphatic heterocycles. The van der Waals surface area contributed by atoms with Crippen molar-refractivity contribution in [1.82, 2.24) is 15.3 Å². The number of pyridine rings is 1. The number of phenols is 1. The van der Waals surface area contributed by atoms with Crippen molar-refractivity contribution in [1.29, 1.82) is 0 Å². The Kier molecular flexibility index (Phi) is 4.05. The molecule has 0 fully saturated rings. The summed E-state index contributed by atoms with van der Waals surface area (Å²) >= 11 is 0. The lowest BCUT2D eigenvalue weighted by atomic mass is 10.1. The Balaban J connectivity index is 1.67. The summed E-state index contributed by atoms with van der Waals surface area (Å²) in [6.07, 6.45) is 4.90. The predicted octanol–water partition coefficient (Wildman–Crippen LogP) is 2.68. The molecule has 0 aliphatic carbocycles. The van der Waals surface area contributed by atoms with Gasteiger partial charge in [0.05, 0.1) is 6.54 Å². The minimum atomic E-state index is -0.244. The fraction of sp³-hybridized carbons (Fsp3) is 0.118. The number of nitrogens with zero attached hydrogens (tertiary/aromatic N) is 2. The molecule has 3 rings (SSSR count). The van der Waals surface area contributed by atoms with E-state index in [2.05, 4.69) is 15.3 Å². The quantitative estimate of drug-likeness (QED) is 0.773. The van der Waals surface area contributed by atoms with Gasteiger partial charge in [-0.1, -0.05) is 0 Å². The monoisotopic (exact) mass is 309 g/mol. The number of aromatic nitrogens is 2. The highest BCUT2D eigenvalue weighted by molar-refractivity contribution is 5.95. The number of oxazole rings is 1. The van der Waals surface area contributed by atoms with Gasteiger partial charge in [-0.2, -0.15) is 0 Å². The van der Waals surface area contributed by atoms with Gasteiger partial charge in [0, 0.05) is 23.5 Å². The Labute approximate surface area is 132 Å². The molecule has 2 heterocycles. The molecule has 3 aromatic rings. The number of amides is 1. The molecule has 0 bridgehead atoms. The van der Waals surface area contributed by atoms with Crippen molar-refractivity contribution in [3.63, 3.8) is 0 Å². The molecule has 0 unspecified atom stereocenters. The molecule has 1 amide bonds. The van der Waals surface area contributed by atoms with E-state index in [-0.39, 0.29) is 18.2 Å². The molecule has 2 N–H and O–H groups in total. The number of hydrogen-bond acceptors (Lipinski definition) is 5. The number of hydrogen-bond donors (Lipinski definition) is 2. The Hall–Kier alpha value is -3.15. The third-order valence-corrected chi connectivity index (χ3v) is 3.38. The maximum Gasteiger partial charge on any atom is 0.251 e. The van der Waals surface area contributed by atoms with Crippen LogP contribution >= 0.6 is 0 Å². The van der Waals surface area contributed by atoms with Gasteiger partial charge >= 0.3 is 0 Å². The van der Waals surface area contributed by atoms with E-state index in [0.717, 1.165) is 5.56 Å². The molecule has 0 saturated carbocycles. The number of aromatic hydroxyl groups is 1. The second kappa shape index (κ2) is 6.31. The van der Waals surface area contributed by atoms with Crippen LogP contribution in [0.2, 0.25) is 0 Å². The van der Waals surface area contributed by atoms with E-state index in [1.807, 2.05) is 12.1 Å². The molecule has 0 radical (unpaired) electrons. The molecule has 1 aromatic carbocycles. The van der Waals surface area contributed by atoms with Crippen molar-refractivity contribution in [2.75, 3.05) is 0 Å². The van der Waals surface area contributed by atoms with Gasteiger partial charge in [0.15, 0.2) is 0 Å². The van der Waals surface area contributed by atoms with Crippen molar-refractivity contribution < 1.29 is 14.3 Å². The third-order valence-electron chi connectivity index (χ3n) is 3.38. The van der Waals surface area contributed by atoms with Gasteiger partial charge in [-0.05, 0) is 42.8 Å². The predicted molar refractivity (Wildman–Crippen MR) is 83.7 cm³/mol. The lowest BCUT2D eigenvalue weighted by Gasteiger charge is -2.06. The van der Waals surface area contributed by atoms with Gasteiger partial charge in [-0.3, -0.25) is 9.78 Å². The molecule has 0 spiro atoms. The average molecular weight is 309 g/mol. The van der Waals surface area contributed by atoms with E-state index in [1.54, 1.807) is 37.7 Å². The Morgan fingerprint density at radius 1 is 1.26 bits per heavy atom. The number of carbonyl (C=O) groups excluding carboxylic acids is 1. The van der Waals surface area contributed by atoms with Crippen molar-refractivity contribution >= 4 is 5.91 Å². The molecule has 6 nitrogen and oxygen atoms in total. The first-order chi connectivity index (χ1) is 11.1. The van der Waals surface area contributed by atoms with Crippen LogP contribution in [0.15, 0.2) is 53.4 Å². The van der Waals surface area contributed by atoms with Crippen LogP contribution in [0.25, 0.3) is 11.3 Å². The largest absolute Gasteiger partial charge is 0.508 e. The van der Waals surface area contributed by atoms with Crippen LogP contribution in [-0.4, -0.2) is 21.0 Å². The first kappa shape index (κ1) is 14.8. The highest BCUT2D eigenvalue weighted by Crippen LogP contribution is 2.18. The van der Waals surface area contributed by atoms with Gasteiger partial charge in [0.1, 0.15) is 17.7 Å². The molecule has 6 heteroatoms. The summed E-state index contributed by atoms with van der Waals surface area (Å²) in [7, 11) is 0. The standard InChI is InChI=1S/C17H15N3O3/c1-11-8-13(21)2-3-14(11)17(22)19-9-16-20-15(10-23-16)12-4-6-18-7-5-12/h2-8,10,21H,9H2,1H3,(H,19,22). The van der Waals surface area contributed by atoms with Gasteiger partial charge in [0.25, 0.3) is 5.91 Å². The number of rotatable bonds is 4. The smallest absolute Gasteiger partial charge is 0.251 e. The SMILES string of the molecule is Cc1cc(O)ccc1C(=O)NCc1nc(-c2ccncc2)co1. The fourth-order valence-electron chi connectivity index (χ4n) is 2.20. The number of benzene rings is 1. The minimum absolute atomic E-state index is 0.133. The van der Waals surface area contributed by atoms with Crippen LogP contribution in [0.5, 0.6) is 5.75 Å². The highest BCUT2D eigenvalue weighted by atomic mass is 16.3. The average Bonchev–Trinajstić information content (AvgIpc) is 3.02. The molecular formula is C17H15N3O3. The Morgan fingerprint density at radius 3 is 2.78 bits per heavy atom. The minimum Gasteiger partial charge on any atom is -0.508 e. The second-order valence-electron chi connectivity index (χ2n) is 5.04. The van der Waals surface area contributed by atoms with Gasteiger partial charge < -0.3 is 14.8 Å². The topological polar surface area (TPSA) is 88.2 Å². The van der Waals surface area contributed by atoms with E-state index >= 15 is 0 Å². The van der Waals surface area contributed by atoms with E-state index in [9.17, 15) is 9.90 Å². The molecule has 0 aliphatic rings. The van der Waals surface area contributed by atoms with Crippen LogP contribution in [0.3, 0.4) is 0 Å². The Morgan fingerprint density at radius 2 is 2.04 bits per heavy atom. The summed E-state index contributed by atoms with van der Waals surface area (Å²) in [6, 6.07) is 8.27. The first-order valence-electron chi connectivity index (χ1n) is 7.06. The zero-order valence-electron chi connectivity index (χ0n) is 12.5. The van der Waals surface area contributed by atoms with E-state index in [0.29, 0.717) is 22.7 Å². The van der Waals surface area contributed by atoms with Gasteiger partial charge in [-0.25, -0.2) is 4.98 Å². The van der Waals surface area contributed by atoms with Crippen molar-refractivity contribution in [3.05, 3.63) is 66.0 Å². The summed E-state index contributed by atoms with van der Waals surface area (Å²) in [5, 5.41) is 12.1. The first-order valence-corrected chi connectivity index (χ1v) is 7.06. The van der Waals surface area contributed by atoms with Crippen molar-refractivity contribution in [2.45, 2.75) is 13.5 Å². The number of carbonyl (C=O) groups is 1. The number of nitrogens with one attached hydrogen (secondary N) is 1. The normalized spacial score (nSPS) is 10.5. The molecule has 0 atom stereocenters. The molecular weight excluding hydrogens is 294 g/mol. The fourth-order valence-corrected chi connectivity index (χ4v) is 2.20. The summed E-state index contributed by atoms with van der Waals surface area (Å²) in [6.45, 7) is 1.95. The van der Waals surface area contributed by atoms with E-state index < -0.39 is 0 Å². The van der Waals surface area contributed by atoms with Crippen molar-refractivity contribution in [3.8, 4) is 17.0 Å². The van der Waals surface area contributed by atoms with Gasteiger partial charge in [-0.15, -0.1) is 0 Å². The van der Waals surface area contributed by atoms with Gasteiger partial charge in [0.2, 0.25) is 5.89 Å².